The average Bonchev–Trinajstić information content (AvgIpc) is 2.74. The Labute approximate surface area is 101 Å². The lowest BCUT2D eigenvalue weighted by molar-refractivity contribution is 0.234. The van der Waals surface area contributed by atoms with E-state index in [0.29, 0.717) is 0 Å². The van der Waals surface area contributed by atoms with Gasteiger partial charge in [0.2, 0.25) is 5.09 Å². The predicted molar refractivity (Wildman–Crippen MR) is 63.9 cm³/mol. The van der Waals surface area contributed by atoms with Crippen molar-refractivity contribution in [1.29, 1.82) is 0 Å². The first-order valence-electron chi connectivity index (χ1n) is 5.25. The molecule has 0 aliphatic rings. The van der Waals surface area contributed by atoms with Crippen LogP contribution in [-0.2, 0) is 16.6 Å². The molecule has 0 fully saturated rings. The summed E-state index contributed by atoms with van der Waals surface area (Å²) in [4.78, 5) is 0. The molecule has 1 heterocycles. The van der Waals surface area contributed by atoms with Crippen LogP contribution in [0.25, 0.3) is 0 Å². The van der Waals surface area contributed by atoms with Gasteiger partial charge in [0.15, 0.2) is 0 Å². The molecule has 1 N–H and O–H groups in total. The SMILES string of the molecule is C=CCN(C(C)C)S(=O)(=O)c1ccc(CO)o1. The molecule has 0 radical (unpaired) electrons. The molecule has 0 aromatic carbocycles. The summed E-state index contributed by atoms with van der Waals surface area (Å²) in [6.07, 6.45) is 1.52. The highest BCUT2D eigenvalue weighted by molar-refractivity contribution is 7.89. The van der Waals surface area contributed by atoms with Crippen molar-refractivity contribution < 1.29 is 17.9 Å². The van der Waals surface area contributed by atoms with Crippen molar-refractivity contribution in [2.75, 3.05) is 6.54 Å². The fourth-order valence-electron chi connectivity index (χ4n) is 1.41. The van der Waals surface area contributed by atoms with Gasteiger partial charge < -0.3 is 9.52 Å². The molecule has 6 heteroatoms. The van der Waals surface area contributed by atoms with Crippen molar-refractivity contribution in [2.45, 2.75) is 31.6 Å². The summed E-state index contributed by atoms with van der Waals surface area (Å²) >= 11 is 0. The molecule has 0 atom stereocenters. The Hall–Kier alpha value is -1.11. The first-order chi connectivity index (χ1) is 7.93. The molecule has 5 nitrogen and oxygen atoms in total. The summed E-state index contributed by atoms with van der Waals surface area (Å²) in [6, 6.07) is 2.60. The van der Waals surface area contributed by atoms with Crippen LogP contribution >= 0.6 is 0 Å². The van der Waals surface area contributed by atoms with Gasteiger partial charge in [0.05, 0.1) is 0 Å². The van der Waals surface area contributed by atoms with Gasteiger partial charge in [-0.1, -0.05) is 6.08 Å². The molecule has 0 spiro atoms. The molecule has 0 amide bonds. The van der Waals surface area contributed by atoms with E-state index in [1.54, 1.807) is 13.8 Å². The molecule has 96 valence electrons. The van der Waals surface area contributed by atoms with E-state index < -0.39 is 10.0 Å². The molecule has 1 aromatic heterocycles. The number of rotatable bonds is 6. The number of aliphatic hydroxyl groups excluding tert-OH is 1. The minimum Gasteiger partial charge on any atom is -0.446 e. The minimum absolute atomic E-state index is 0.155. The van der Waals surface area contributed by atoms with Crippen LogP contribution in [0.1, 0.15) is 19.6 Å². The van der Waals surface area contributed by atoms with Crippen molar-refractivity contribution >= 4 is 10.0 Å². The first-order valence-corrected chi connectivity index (χ1v) is 6.69. The molecule has 17 heavy (non-hydrogen) atoms. The lowest BCUT2D eigenvalue weighted by Gasteiger charge is -2.22. The van der Waals surface area contributed by atoms with Crippen LogP contribution in [0, 0.1) is 0 Å². The van der Waals surface area contributed by atoms with E-state index in [1.165, 1.54) is 22.5 Å². The van der Waals surface area contributed by atoms with Gasteiger partial charge in [0.25, 0.3) is 10.0 Å². The van der Waals surface area contributed by atoms with Gasteiger partial charge in [-0.3, -0.25) is 0 Å². The summed E-state index contributed by atoms with van der Waals surface area (Å²) in [6.45, 7) is 6.98. The number of aliphatic hydroxyl groups is 1. The van der Waals surface area contributed by atoms with Crippen LogP contribution in [-0.4, -0.2) is 30.4 Å². The molecule has 1 rings (SSSR count). The van der Waals surface area contributed by atoms with Crippen LogP contribution in [0.15, 0.2) is 34.3 Å². The quantitative estimate of drug-likeness (QED) is 0.783. The van der Waals surface area contributed by atoms with Gasteiger partial charge in [-0.15, -0.1) is 6.58 Å². The van der Waals surface area contributed by atoms with Gasteiger partial charge in [-0.05, 0) is 26.0 Å². The minimum atomic E-state index is -3.67. The Morgan fingerprint density at radius 2 is 2.18 bits per heavy atom. The Kier molecular flexibility index (Phi) is 4.50. The van der Waals surface area contributed by atoms with E-state index in [-0.39, 0.29) is 30.0 Å². The molecule has 0 aliphatic heterocycles. The summed E-state index contributed by atoms with van der Waals surface area (Å²) in [5.41, 5.74) is 0. The molecule has 0 unspecified atom stereocenters. The van der Waals surface area contributed by atoms with Crippen molar-refractivity contribution in [1.82, 2.24) is 4.31 Å². The summed E-state index contributed by atoms with van der Waals surface area (Å²) in [5, 5.41) is 8.69. The summed E-state index contributed by atoms with van der Waals surface area (Å²) in [5.74, 6) is 0.228. The third kappa shape index (κ3) is 2.96. The maximum atomic E-state index is 12.2. The maximum absolute atomic E-state index is 12.2. The highest BCUT2D eigenvalue weighted by Gasteiger charge is 2.28. The molecular formula is C11H17NO4S. The summed E-state index contributed by atoms with van der Waals surface area (Å²) in [7, 11) is -3.67. The molecule has 0 saturated carbocycles. The van der Waals surface area contributed by atoms with Crippen LogP contribution in [0.3, 0.4) is 0 Å². The Balaban J connectivity index is 3.11. The van der Waals surface area contributed by atoms with Gasteiger partial charge in [-0.2, -0.15) is 4.31 Å². The zero-order chi connectivity index (χ0) is 13.1. The van der Waals surface area contributed by atoms with Gasteiger partial charge in [0, 0.05) is 12.6 Å². The lowest BCUT2D eigenvalue weighted by Crippen LogP contribution is -2.36. The Morgan fingerprint density at radius 3 is 2.59 bits per heavy atom. The van der Waals surface area contributed by atoms with E-state index >= 15 is 0 Å². The molecule has 0 bridgehead atoms. The van der Waals surface area contributed by atoms with Crippen LogP contribution in [0.5, 0.6) is 0 Å². The van der Waals surface area contributed by atoms with E-state index in [4.69, 9.17) is 9.52 Å². The second-order valence-electron chi connectivity index (χ2n) is 3.84. The maximum Gasteiger partial charge on any atom is 0.276 e. The molecule has 1 aromatic rings. The second-order valence-corrected chi connectivity index (χ2v) is 5.66. The largest absolute Gasteiger partial charge is 0.446 e. The number of nitrogens with zero attached hydrogens (tertiary/aromatic N) is 1. The number of hydrogen-bond acceptors (Lipinski definition) is 4. The predicted octanol–water partition coefficient (Wildman–Crippen LogP) is 1.36. The van der Waals surface area contributed by atoms with Crippen molar-refractivity contribution in [3.63, 3.8) is 0 Å². The fraction of sp³-hybridized carbons (Fsp3) is 0.455. The summed E-state index contributed by atoms with van der Waals surface area (Å²) < 4.78 is 30.7. The van der Waals surface area contributed by atoms with E-state index in [1.807, 2.05) is 0 Å². The third-order valence-electron chi connectivity index (χ3n) is 2.24. The lowest BCUT2D eigenvalue weighted by atomic mass is 10.4. The van der Waals surface area contributed by atoms with Gasteiger partial charge in [0.1, 0.15) is 12.4 Å². The number of sulfonamides is 1. The van der Waals surface area contributed by atoms with Gasteiger partial charge >= 0.3 is 0 Å². The molecule has 0 aliphatic carbocycles. The second kappa shape index (κ2) is 5.48. The number of hydrogen-bond donors (Lipinski definition) is 1. The highest BCUT2D eigenvalue weighted by Crippen LogP contribution is 2.20. The third-order valence-corrected chi connectivity index (χ3v) is 4.16. The molecule has 0 saturated heterocycles. The zero-order valence-electron chi connectivity index (χ0n) is 9.96. The van der Waals surface area contributed by atoms with E-state index in [0.717, 1.165) is 0 Å². The van der Waals surface area contributed by atoms with Crippen LogP contribution < -0.4 is 0 Å². The van der Waals surface area contributed by atoms with Crippen molar-refractivity contribution in [2.24, 2.45) is 0 Å². The highest BCUT2D eigenvalue weighted by atomic mass is 32.2. The Bertz CT molecular complexity index is 475. The van der Waals surface area contributed by atoms with E-state index in [9.17, 15) is 8.42 Å². The fourth-order valence-corrected chi connectivity index (χ4v) is 2.95. The van der Waals surface area contributed by atoms with Crippen molar-refractivity contribution in [3.8, 4) is 0 Å². The standard InChI is InChI=1S/C11H17NO4S/c1-4-7-12(9(2)3)17(14,15)11-6-5-10(8-13)16-11/h4-6,9,13H,1,7-8H2,2-3H3. The Morgan fingerprint density at radius 1 is 1.53 bits per heavy atom. The monoisotopic (exact) mass is 259 g/mol. The molecular weight excluding hydrogens is 242 g/mol. The first kappa shape index (κ1) is 14.0. The normalized spacial score (nSPS) is 12.3. The van der Waals surface area contributed by atoms with Crippen LogP contribution in [0.4, 0.5) is 0 Å². The number of furan rings is 1. The van der Waals surface area contributed by atoms with Crippen LogP contribution in [0.2, 0.25) is 0 Å². The average molecular weight is 259 g/mol. The topological polar surface area (TPSA) is 70.8 Å². The smallest absolute Gasteiger partial charge is 0.276 e. The van der Waals surface area contributed by atoms with E-state index in [2.05, 4.69) is 6.58 Å². The van der Waals surface area contributed by atoms with Gasteiger partial charge in [-0.25, -0.2) is 8.42 Å². The van der Waals surface area contributed by atoms with Crippen molar-refractivity contribution in [3.05, 3.63) is 30.5 Å². The zero-order valence-corrected chi connectivity index (χ0v) is 10.8.